The highest BCUT2D eigenvalue weighted by Gasteiger charge is 2.13. The second-order valence-electron chi connectivity index (χ2n) is 9.84. The molecule has 2 aromatic heterocycles. The quantitative estimate of drug-likeness (QED) is 0.138. The first-order chi connectivity index (χ1) is 21.6. The molecule has 6 aromatic rings. The molecule has 6 rings (SSSR count). The van der Waals surface area contributed by atoms with Crippen LogP contribution in [0.25, 0.3) is 11.1 Å². The summed E-state index contributed by atoms with van der Waals surface area (Å²) in [6, 6.07) is 41.1. The predicted molar refractivity (Wildman–Crippen MR) is 176 cm³/mol. The standard InChI is InChI=1S/C36H28N6O2/c43-35(41-31-13-7-23-37-33(31)39-29-9-3-1-4-10-29)27-19-15-25(16-20-27)26-17-21-28(22-18-26)36(44)42-32-14-8-24-38-34(32)40-30-11-5-2-6-12-30/h1-24H,(H,37,39)(H,38,40)(H,41,43)(H,42,44). The van der Waals surface area contributed by atoms with Gasteiger partial charge in [0.1, 0.15) is 0 Å². The van der Waals surface area contributed by atoms with E-state index in [2.05, 4.69) is 31.2 Å². The highest BCUT2D eigenvalue weighted by Crippen LogP contribution is 2.26. The number of hydrogen-bond donors (Lipinski definition) is 4. The Kier molecular flexibility index (Phi) is 8.32. The molecular formula is C36H28N6O2. The lowest BCUT2D eigenvalue weighted by Crippen LogP contribution is -2.13. The Morgan fingerprint density at radius 2 is 0.818 bits per heavy atom. The maximum absolute atomic E-state index is 13.0. The number of amides is 2. The minimum Gasteiger partial charge on any atom is -0.339 e. The van der Waals surface area contributed by atoms with Gasteiger partial charge in [0.05, 0.1) is 11.4 Å². The van der Waals surface area contributed by atoms with E-state index in [-0.39, 0.29) is 11.8 Å². The van der Waals surface area contributed by atoms with Crippen molar-refractivity contribution in [3.8, 4) is 11.1 Å². The van der Waals surface area contributed by atoms with E-state index < -0.39 is 0 Å². The molecule has 2 heterocycles. The van der Waals surface area contributed by atoms with Crippen molar-refractivity contribution in [2.75, 3.05) is 21.3 Å². The fraction of sp³-hybridized carbons (Fsp3) is 0. The molecule has 0 aliphatic carbocycles. The van der Waals surface area contributed by atoms with Crippen molar-refractivity contribution in [3.63, 3.8) is 0 Å². The lowest BCUT2D eigenvalue weighted by atomic mass is 10.0. The normalized spacial score (nSPS) is 10.5. The van der Waals surface area contributed by atoms with Crippen molar-refractivity contribution in [1.82, 2.24) is 9.97 Å². The molecule has 8 nitrogen and oxygen atoms in total. The molecule has 4 aromatic carbocycles. The van der Waals surface area contributed by atoms with Crippen molar-refractivity contribution < 1.29 is 9.59 Å². The predicted octanol–water partition coefficient (Wildman–Crippen LogP) is 8.14. The number of pyridine rings is 2. The number of carbonyl (C=O) groups excluding carboxylic acids is 2. The zero-order chi connectivity index (χ0) is 30.1. The largest absolute Gasteiger partial charge is 0.339 e. The molecule has 0 bridgehead atoms. The Balaban J connectivity index is 1.10. The number of benzene rings is 4. The van der Waals surface area contributed by atoms with E-state index in [1.807, 2.05) is 84.9 Å². The Morgan fingerprint density at radius 1 is 0.432 bits per heavy atom. The number of aromatic nitrogens is 2. The molecule has 0 fully saturated rings. The first-order valence-electron chi connectivity index (χ1n) is 14.0. The molecular weight excluding hydrogens is 548 g/mol. The van der Waals surface area contributed by atoms with E-state index in [9.17, 15) is 9.59 Å². The van der Waals surface area contributed by atoms with E-state index >= 15 is 0 Å². The zero-order valence-electron chi connectivity index (χ0n) is 23.6. The summed E-state index contributed by atoms with van der Waals surface area (Å²) in [7, 11) is 0. The highest BCUT2D eigenvalue weighted by atomic mass is 16.2. The fourth-order valence-corrected chi connectivity index (χ4v) is 4.55. The monoisotopic (exact) mass is 576 g/mol. The maximum atomic E-state index is 13.0. The molecule has 2 amide bonds. The summed E-state index contributed by atoms with van der Waals surface area (Å²) >= 11 is 0. The van der Waals surface area contributed by atoms with Crippen LogP contribution in [0.3, 0.4) is 0 Å². The second-order valence-corrected chi connectivity index (χ2v) is 9.84. The van der Waals surface area contributed by atoms with Gasteiger partial charge in [0.25, 0.3) is 11.8 Å². The lowest BCUT2D eigenvalue weighted by molar-refractivity contribution is 0.101. The SMILES string of the molecule is O=C(Nc1cccnc1Nc1ccccc1)c1ccc(-c2ccc(C(=O)Nc3cccnc3Nc3ccccc3)cc2)cc1. The van der Waals surface area contributed by atoms with Crippen LogP contribution in [0.1, 0.15) is 20.7 Å². The third-order valence-corrected chi connectivity index (χ3v) is 6.81. The minimum atomic E-state index is -0.246. The molecule has 0 atom stereocenters. The molecule has 8 heteroatoms. The van der Waals surface area contributed by atoms with Crippen LogP contribution >= 0.6 is 0 Å². The Labute approximate surface area is 254 Å². The number of anilines is 6. The Hall–Kier alpha value is -6.28. The summed E-state index contributed by atoms with van der Waals surface area (Å²) in [4.78, 5) is 34.8. The molecule has 214 valence electrons. The van der Waals surface area contributed by atoms with Crippen LogP contribution in [0.15, 0.2) is 146 Å². The number of carbonyl (C=O) groups is 2. The highest BCUT2D eigenvalue weighted by molar-refractivity contribution is 6.07. The number of nitrogens with one attached hydrogen (secondary N) is 4. The molecule has 0 unspecified atom stereocenters. The van der Waals surface area contributed by atoms with E-state index in [4.69, 9.17) is 0 Å². The summed E-state index contributed by atoms with van der Waals surface area (Å²) in [6.45, 7) is 0. The van der Waals surface area contributed by atoms with Crippen LogP contribution in [-0.4, -0.2) is 21.8 Å². The molecule has 0 aliphatic rings. The third-order valence-electron chi connectivity index (χ3n) is 6.81. The van der Waals surface area contributed by atoms with Gasteiger partial charge in [0.15, 0.2) is 11.6 Å². The van der Waals surface area contributed by atoms with Crippen molar-refractivity contribution in [2.24, 2.45) is 0 Å². The summed E-state index contributed by atoms with van der Waals surface area (Å²) in [5.41, 5.74) is 5.76. The Morgan fingerprint density at radius 3 is 1.20 bits per heavy atom. The minimum absolute atomic E-state index is 0.246. The lowest BCUT2D eigenvalue weighted by Gasteiger charge is -2.13. The molecule has 44 heavy (non-hydrogen) atoms. The molecule has 0 aliphatic heterocycles. The van der Waals surface area contributed by atoms with E-state index in [0.717, 1.165) is 22.5 Å². The van der Waals surface area contributed by atoms with Crippen LogP contribution in [0.5, 0.6) is 0 Å². The number of para-hydroxylation sites is 2. The summed E-state index contributed by atoms with van der Waals surface area (Å²) in [5.74, 6) is 0.619. The average Bonchev–Trinajstić information content (AvgIpc) is 3.07. The number of rotatable bonds is 9. The van der Waals surface area contributed by atoms with Gasteiger partial charge in [-0.1, -0.05) is 60.7 Å². The topological polar surface area (TPSA) is 108 Å². The maximum Gasteiger partial charge on any atom is 0.255 e. The summed E-state index contributed by atoms with van der Waals surface area (Å²) < 4.78 is 0. The summed E-state index contributed by atoms with van der Waals surface area (Å²) in [6.07, 6.45) is 3.34. The van der Waals surface area contributed by atoms with Gasteiger partial charge in [-0.25, -0.2) is 9.97 Å². The molecule has 0 saturated heterocycles. The molecule has 0 radical (unpaired) electrons. The van der Waals surface area contributed by atoms with Gasteiger partial charge in [-0.15, -0.1) is 0 Å². The zero-order valence-corrected chi connectivity index (χ0v) is 23.6. The van der Waals surface area contributed by atoms with Crippen LogP contribution in [0, 0.1) is 0 Å². The van der Waals surface area contributed by atoms with Gasteiger partial charge >= 0.3 is 0 Å². The number of nitrogens with zero attached hydrogens (tertiary/aromatic N) is 2. The van der Waals surface area contributed by atoms with Crippen molar-refractivity contribution in [1.29, 1.82) is 0 Å². The average molecular weight is 577 g/mol. The van der Waals surface area contributed by atoms with Crippen molar-refractivity contribution in [2.45, 2.75) is 0 Å². The van der Waals surface area contributed by atoms with E-state index in [0.29, 0.717) is 34.1 Å². The van der Waals surface area contributed by atoms with Gasteiger partial charge in [-0.05, 0) is 83.9 Å². The molecule has 0 saturated carbocycles. The van der Waals surface area contributed by atoms with Crippen molar-refractivity contribution in [3.05, 3.63) is 157 Å². The third kappa shape index (κ3) is 6.78. The van der Waals surface area contributed by atoms with E-state index in [1.165, 1.54) is 0 Å². The van der Waals surface area contributed by atoms with Gasteiger partial charge in [-0.3, -0.25) is 9.59 Å². The van der Waals surface area contributed by atoms with Crippen molar-refractivity contribution >= 4 is 46.2 Å². The summed E-state index contributed by atoms with van der Waals surface area (Å²) in [5, 5.41) is 12.4. The van der Waals surface area contributed by atoms with Crippen LogP contribution in [0.4, 0.5) is 34.4 Å². The number of hydrogen-bond acceptors (Lipinski definition) is 6. The van der Waals surface area contributed by atoms with Gasteiger partial charge in [0.2, 0.25) is 0 Å². The van der Waals surface area contributed by atoms with Gasteiger partial charge in [0, 0.05) is 34.9 Å². The van der Waals surface area contributed by atoms with Gasteiger partial charge < -0.3 is 21.3 Å². The fourth-order valence-electron chi connectivity index (χ4n) is 4.55. The van der Waals surface area contributed by atoms with Crippen LogP contribution in [0.2, 0.25) is 0 Å². The van der Waals surface area contributed by atoms with Crippen LogP contribution in [-0.2, 0) is 0 Å². The molecule has 4 N–H and O–H groups in total. The smallest absolute Gasteiger partial charge is 0.255 e. The van der Waals surface area contributed by atoms with Crippen LogP contribution < -0.4 is 21.3 Å². The first kappa shape index (κ1) is 27.9. The van der Waals surface area contributed by atoms with Gasteiger partial charge in [-0.2, -0.15) is 0 Å². The molecule has 0 spiro atoms. The first-order valence-corrected chi connectivity index (χ1v) is 14.0. The van der Waals surface area contributed by atoms with E-state index in [1.54, 1.807) is 60.9 Å². The second kappa shape index (κ2) is 13.1. The Bertz CT molecular complexity index is 1740.